The molecule has 76 valence electrons. The van der Waals surface area contributed by atoms with Crippen LogP contribution in [0.1, 0.15) is 0 Å². The van der Waals surface area contributed by atoms with Crippen molar-refractivity contribution < 1.29 is 8.78 Å². The van der Waals surface area contributed by atoms with E-state index in [0.29, 0.717) is 14.9 Å². The fourth-order valence-corrected chi connectivity index (χ4v) is 2.91. The first kappa shape index (κ1) is 11.0. The van der Waals surface area contributed by atoms with E-state index in [2.05, 4.69) is 0 Å². The van der Waals surface area contributed by atoms with Crippen LogP contribution in [0.2, 0.25) is 0 Å². The van der Waals surface area contributed by atoms with Crippen LogP contribution in [0.25, 0.3) is 0 Å². The highest BCUT2D eigenvalue weighted by Crippen LogP contribution is 2.41. The fourth-order valence-electron chi connectivity index (χ4n) is 0.893. The Balaban J connectivity index is 0.000000214. The van der Waals surface area contributed by atoms with Gasteiger partial charge in [0.25, 0.3) is 0 Å². The highest BCUT2D eigenvalue weighted by molar-refractivity contribution is 8.92. The Bertz CT molecular complexity index is 309. The maximum absolute atomic E-state index is 12.9. The third-order valence-electron chi connectivity index (χ3n) is 1.56. The Labute approximate surface area is 97.4 Å². The van der Waals surface area contributed by atoms with Crippen LogP contribution in [-0.2, 0) is 0 Å². The SMILES string of the molecule is C1SS1.Fc1c2ccc(c1F)SCS2. The van der Waals surface area contributed by atoms with Crippen LogP contribution >= 0.6 is 45.1 Å². The van der Waals surface area contributed by atoms with E-state index in [1.54, 1.807) is 12.1 Å². The molecule has 6 heteroatoms. The summed E-state index contributed by atoms with van der Waals surface area (Å²) in [6.07, 6.45) is 0. The molecule has 1 aromatic carbocycles. The second kappa shape index (κ2) is 5.01. The molecule has 0 aliphatic carbocycles. The average Bonchev–Trinajstić information content (AvgIpc) is 3.00. The van der Waals surface area contributed by atoms with Gasteiger partial charge in [0.15, 0.2) is 11.6 Å². The van der Waals surface area contributed by atoms with Crippen LogP contribution in [0.5, 0.6) is 0 Å². The first-order chi connectivity index (χ1) is 6.79. The Morgan fingerprint density at radius 1 is 0.857 bits per heavy atom. The minimum Gasteiger partial charge on any atom is -0.202 e. The Morgan fingerprint density at radius 2 is 1.29 bits per heavy atom. The van der Waals surface area contributed by atoms with Crippen molar-refractivity contribution in [1.82, 2.24) is 0 Å². The topological polar surface area (TPSA) is 0 Å². The van der Waals surface area contributed by atoms with E-state index in [0.717, 1.165) is 0 Å². The molecule has 3 aliphatic heterocycles. The molecule has 0 radical (unpaired) electrons. The summed E-state index contributed by atoms with van der Waals surface area (Å²) in [4.78, 5) is 0.826. The van der Waals surface area contributed by atoms with Gasteiger partial charge >= 0.3 is 0 Å². The van der Waals surface area contributed by atoms with E-state index in [9.17, 15) is 8.78 Å². The largest absolute Gasteiger partial charge is 0.202 e. The van der Waals surface area contributed by atoms with E-state index < -0.39 is 11.6 Å². The van der Waals surface area contributed by atoms with E-state index in [-0.39, 0.29) is 0 Å². The van der Waals surface area contributed by atoms with Gasteiger partial charge in [-0.2, -0.15) is 0 Å². The summed E-state index contributed by atoms with van der Waals surface area (Å²) in [6, 6.07) is 3.25. The van der Waals surface area contributed by atoms with E-state index in [1.165, 1.54) is 28.6 Å². The van der Waals surface area contributed by atoms with Crippen LogP contribution < -0.4 is 0 Å². The number of halogens is 2. The van der Waals surface area contributed by atoms with Crippen molar-refractivity contribution in [1.29, 1.82) is 0 Å². The van der Waals surface area contributed by atoms with Crippen LogP contribution in [0.4, 0.5) is 8.78 Å². The van der Waals surface area contributed by atoms with Gasteiger partial charge in [-0.3, -0.25) is 0 Å². The minimum atomic E-state index is -0.697. The number of benzene rings is 1. The van der Waals surface area contributed by atoms with Gasteiger partial charge in [-0.05, 0) is 12.1 Å². The quantitative estimate of drug-likeness (QED) is 0.503. The number of rotatable bonds is 0. The van der Waals surface area contributed by atoms with Gasteiger partial charge in [-0.15, -0.1) is 23.5 Å². The maximum atomic E-state index is 12.9. The molecule has 1 saturated heterocycles. The van der Waals surface area contributed by atoms with Gasteiger partial charge in [0.2, 0.25) is 0 Å². The highest BCUT2D eigenvalue weighted by Gasteiger charge is 2.17. The Morgan fingerprint density at radius 3 is 1.64 bits per heavy atom. The summed E-state index contributed by atoms with van der Waals surface area (Å²) < 4.78 is 25.8. The van der Waals surface area contributed by atoms with Crippen LogP contribution in [0.3, 0.4) is 0 Å². The Hall–Kier alpha value is 0.480. The zero-order valence-electron chi connectivity index (χ0n) is 6.96. The monoisotopic (exact) mass is 268 g/mol. The molecule has 0 N–H and O–H groups in total. The third kappa shape index (κ3) is 2.74. The van der Waals surface area contributed by atoms with Crippen molar-refractivity contribution in [3.63, 3.8) is 0 Å². The molecule has 0 aromatic heterocycles. The molecule has 0 unspecified atom stereocenters. The van der Waals surface area contributed by atoms with Gasteiger partial charge in [0.1, 0.15) is 0 Å². The summed E-state index contributed by atoms with van der Waals surface area (Å²) >= 11 is 2.67. The van der Waals surface area contributed by atoms with Gasteiger partial charge in [-0.1, -0.05) is 21.6 Å². The van der Waals surface area contributed by atoms with E-state index in [4.69, 9.17) is 0 Å². The molecule has 0 nitrogen and oxygen atoms in total. The zero-order chi connectivity index (χ0) is 9.97. The lowest BCUT2D eigenvalue weighted by Gasteiger charge is -1.97. The van der Waals surface area contributed by atoms with Crippen LogP contribution in [0.15, 0.2) is 21.9 Å². The van der Waals surface area contributed by atoms with Gasteiger partial charge in [-0.25, -0.2) is 8.78 Å². The predicted molar refractivity (Wildman–Crippen MR) is 63.0 cm³/mol. The third-order valence-corrected chi connectivity index (χ3v) is 4.70. The molecule has 0 amide bonds. The van der Waals surface area contributed by atoms with Crippen molar-refractivity contribution in [2.24, 2.45) is 0 Å². The molecule has 3 aliphatic rings. The first-order valence-electron chi connectivity index (χ1n) is 3.77. The van der Waals surface area contributed by atoms with E-state index >= 15 is 0 Å². The molecular formula is C8H6F2S4. The predicted octanol–water partition coefficient (Wildman–Crippen LogP) is 4.46. The van der Waals surface area contributed by atoms with Crippen molar-refractivity contribution in [3.8, 4) is 0 Å². The number of hydrogen-bond acceptors (Lipinski definition) is 4. The summed E-state index contributed by atoms with van der Waals surface area (Å²) in [6.45, 7) is 0. The second-order valence-corrected chi connectivity index (χ2v) is 7.68. The molecule has 1 aromatic rings. The molecule has 0 saturated carbocycles. The summed E-state index contributed by atoms with van der Waals surface area (Å²) in [5.74, 6) is -1.39. The van der Waals surface area contributed by atoms with Crippen molar-refractivity contribution >= 4 is 45.1 Å². The van der Waals surface area contributed by atoms with Gasteiger partial charge in [0, 0.05) is 14.9 Å². The zero-order valence-corrected chi connectivity index (χ0v) is 10.2. The second-order valence-electron chi connectivity index (χ2n) is 2.45. The van der Waals surface area contributed by atoms with Gasteiger partial charge in [0.05, 0.1) is 5.08 Å². The molecule has 0 atom stereocenters. The lowest BCUT2D eigenvalue weighted by Crippen LogP contribution is -1.86. The number of fused-ring (bicyclic) bond motifs is 4. The normalized spacial score (nSPS) is 17.0. The molecule has 2 bridgehead atoms. The summed E-state index contributed by atoms with van der Waals surface area (Å²) in [5.41, 5.74) is 0. The lowest BCUT2D eigenvalue weighted by atomic mass is 10.3. The fraction of sp³-hybridized carbons (Fsp3) is 0.250. The number of thioether (sulfide) groups is 2. The van der Waals surface area contributed by atoms with Crippen molar-refractivity contribution in [3.05, 3.63) is 23.8 Å². The Kier molecular flexibility index (Phi) is 3.93. The molecular weight excluding hydrogens is 262 g/mol. The van der Waals surface area contributed by atoms with Crippen molar-refractivity contribution in [2.45, 2.75) is 9.79 Å². The highest BCUT2D eigenvalue weighted by atomic mass is 33.2. The van der Waals surface area contributed by atoms with E-state index in [1.807, 2.05) is 21.6 Å². The molecule has 4 rings (SSSR count). The first-order valence-corrected chi connectivity index (χ1v) is 8.23. The maximum Gasteiger partial charge on any atom is 0.173 e. The number of hydrogen-bond donors (Lipinski definition) is 0. The lowest BCUT2D eigenvalue weighted by molar-refractivity contribution is 0.476. The van der Waals surface area contributed by atoms with Gasteiger partial charge < -0.3 is 0 Å². The molecule has 1 fully saturated rings. The van der Waals surface area contributed by atoms with Crippen LogP contribution in [-0.4, -0.2) is 10.2 Å². The summed E-state index contributed by atoms with van der Waals surface area (Å²) in [7, 11) is 3.83. The minimum absolute atomic E-state index is 0.413. The summed E-state index contributed by atoms with van der Waals surface area (Å²) in [5, 5.41) is 2.03. The average molecular weight is 268 g/mol. The molecule has 3 heterocycles. The van der Waals surface area contributed by atoms with Crippen molar-refractivity contribution in [2.75, 3.05) is 10.2 Å². The standard InChI is InChI=1S/C7H4F2S2.CH2S2/c8-6-4-1-2-5(7(6)9)11-3-10-4;1-2-3-1/h1-2H,3H2;1H2. The smallest absolute Gasteiger partial charge is 0.173 e. The van der Waals surface area contributed by atoms with Crippen LogP contribution in [0, 0.1) is 11.6 Å². The molecule has 0 spiro atoms. The molecule has 14 heavy (non-hydrogen) atoms.